The second-order valence-electron chi connectivity index (χ2n) is 15.0. The zero-order chi connectivity index (χ0) is 36.7. The van der Waals surface area contributed by atoms with Gasteiger partial charge in [-0.15, -0.1) is 11.3 Å². The quantitative estimate of drug-likeness (QED) is 0.182. The van der Waals surface area contributed by atoms with E-state index in [1.54, 1.807) is 35.2 Å². The number of aryl methyl sites for hydroxylation is 1. The molecule has 2 aliphatic carbocycles. The zero-order valence-electron chi connectivity index (χ0n) is 29.6. The van der Waals surface area contributed by atoms with Crippen LogP contribution in [0.25, 0.3) is 17.2 Å². The maximum Gasteiger partial charge on any atom is 0.258 e. The van der Waals surface area contributed by atoms with Crippen molar-refractivity contribution >= 4 is 57.5 Å². The minimum atomic E-state index is -2.64. The lowest BCUT2D eigenvalue weighted by Crippen LogP contribution is -2.36. The van der Waals surface area contributed by atoms with E-state index in [1.165, 1.54) is 11.3 Å². The Morgan fingerprint density at radius 1 is 1.00 bits per heavy atom. The van der Waals surface area contributed by atoms with Crippen LogP contribution in [0.5, 0.6) is 0 Å². The minimum Gasteiger partial charge on any atom is -0.381 e. The van der Waals surface area contributed by atoms with E-state index < -0.39 is 5.92 Å². The highest BCUT2D eigenvalue weighted by atomic mass is 32.1. The fourth-order valence-electron chi connectivity index (χ4n) is 8.13. The Labute approximate surface area is 311 Å². The van der Waals surface area contributed by atoms with Crippen molar-refractivity contribution < 1.29 is 27.9 Å². The van der Waals surface area contributed by atoms with E-state index in [1.807, 2.05) is 49.5 Å². The van der Waals surface area contributed by atoms with Gasteiger partial charge in [-0.05, 0) is 127 Å². The lowest BCUT2D eigenvalue weighted by Gasteiger charge is -2.34. The number of ketones is 1. The molecule has 272 valence electrons. The van der Waals surface area contributed by atoms with Crippen molar-refractivity contribution in [3.8, 4) is 0 Å². The van der Waals surface area contributed by atoms with Crippen LogP contribution in [0.3, 0.4) is 0 Å². The van der Waals surface area contributed by atoms with Gasteiger partial charge in [0.2, 0.25) is 5.92 Å². The van der Waals surface area contributed by atoms with E-state index in [9.17, 15) is 23.2 Å². The molecule has 0 radical (unpaired) electrons. The smallest absolute Gasteiger partial charge is 0.258 e. The third kappa shape index (κ3) is 7.39. The first-order chi connectivity index (χ1) is 25.5. The van der Waals surface area contributed by atoms with Gasteiger partial charge in [0, 0.05) is 61.3 Å². The van der Waals surface area contributed by atoms with E-state index in [0.29, 0.717) is 34.7 Å². The largest absolute Gasteiger partial charge is 0.381 e. The van der Waals surface area contributed by atoms with Gasteiger partial charge in [0.25, 0.3) is 11.8 Å². The number of hydrogen-bond acceptors (Lipinski definition) is 6. The Hall–Kier alpha value is -4.80. The predicted octanol–water partition coefficient (Wildman–Crippen LogP) is 9.89. The third-order valence-corrected chi connectivity index (χ3v) is 12.3. The molecule has 2 aliphatic heterocycles. The van der Waals surface area contributed by atoms with Crippen LogP contribution in [-0.4, -0.2) is 48.3 Å². The molecular formula is C43H41F2N3O4S. The van der Waals surface area contributed by atoms with Crippen LogP contribution < -0.4 is 10.2 Å². The Balaban J connectivity index is 0.946. The number of anilines is 2. The van der Waals surface area contributed by atoms with Crippen LogP contribution in [-0.2, 0) is 4.74 Å². The molecule has 4 aliphatic rings. The lowest BCUT2D eigenvalue weighted by atomic mass is 9.77. The topological polar surface area (TPSA) is 88.6 Å². The normalized spacial score (nSPS) is 19.1. The number of halogens is 2. The van der Waals surface area contributed by atoms with Gasteiger partial charge in [-0.2, -0.15) is 0 Å². The summed E-state index contributed by atoms with van der Waals surface area (Å²) in [6, 6.07) is 20.3. The first-order valence-electron chi connectivity index (χ1n) is 18.3. The van der Waals surface area contributed by atoms with E-state index in [0.717, 1.165) is 77.4 Å². The van der Waals surface area contributed by atoms with Gasteiger partial charge in [-0.1, -0.05) is 24.3 Å². The molecule has 1 N–H and O–H groups in total. The highest BCUT2D eigenvalue weighted by molar-refractivity contribution is 7.15. The lowest BCUT2D eigenvalue weighted by molar-refractivity contribution is -0.109. The summed E-state index contributed by atoms with van der Waals surface area (Å²) in [7, 11) is 0. The number of thiophene rings is 1. The van der Waals surface area contributed by atoms with Crippen molar-refractivity contribution in [2.75, 3.05) is 30.0 Å². The average Bonchev–Trinajstić information content (AvgIpc) is 3.75. The monoisotopic (exact) mass is 733 g/mol. The summed E-state index contributed by atoms with van der Waals surface area (Å²) in [6.07, 6.45) is 10.3. The number of para-hydroxylation sites is 1. The van der Waals surface area contributed by atoms with Gasteiger partial charge < -0.3 is 15.0 Å². The molecule has 1 spiro atoms. The summed E-state index contributed by atoms with van der Waals surface area (Å²) in [4.78, 5) is 48.6. The van der Waals surface area contributed by atoms with E-state index in [-0.39, 0.29) is 48.2 Å². The predicted molar refractivity (Wildman–Crippen MR) is 205 cm³/mol. The van der Waals surface area contributed by atoms with Crippen molar-refractivity contribution in [1.82, 2.24) is 4.98 Å². The third-order valence-electron chi connectivity index (χ3n) is 11.1. The summed E-state index contributed by atoms with van der Waals surface area (Å²) < 4.78 is 32.2. The number of Topliss-reactive ketones (excluding diaryl/α,β-unsaturated/α-hetero) is 1. The molecule has 2 aromatic heterocycles. The van der Waals surface area contributed by atoms with Gasteiger partial charge in [0.05, 0.1) is 21.8 Å². The number of rotatable bonds is 8. The number of carbonyl (C=O) groups excluding carboxylic acids is 3. The molecule has 0 atom stereocenters. The van der Waals surface area contributed by atoms with Crippen molar-refractivity contribution in [2.24, 2.45) is 11.3 Å². The number of allylic oxidation sites excluding steroid dienone is 2. The maximum absolute atomic E-state index is 14.0. The number of nitrogens with one attached hydrogen (secondary N) is 1. The van der Waals surface area contributed by atoms with Crippen molar-refractivity contribution in [1.29, 1.82) is 0 Å². The standard InChI is InChI=1S/C43H41F2N3O4S/c1-27-20-34(39(46-26-27)32-12-14-42(25-32)15-18-52-19-16-42)40(50)47-33-8-6-29(7-9-33)41(51)48-17-13-31(22-30-4-2-3-5-35(30)48)37-10-11-38(53-37)36(49)21-28-23-43(44,45)24-28/h2-12,20,22,26,28H,13-19,21,23-25H2,1H3,(H,47,50). The van der Waals surface area contributed by atoms with Crippen LogP contribution in [0, 0.1) is 18.3 Å². The molecular weight excluding hydrogens is 693 g/mol. The van der Waals surface area contributed by atoms with E-state index >= 15 is 0 Å². The van der Waals surface area contributed by atoms with E-state index in [4.69, 9.17) is 9.72 Å². The number of ether oxygens (including phenoxy) is 1. The number of carbonyl (C=O) groups is 3. The highest BCUT2D eigenvalue weighted by Gasteiger charge is 2.46. The molecule has 2 aromatic carbocycles. The Morgan fingerprint density at radius 2 is 1.77 bits per heavy atom. The molecule has 4 aromatic rings. The molecule has 1 saturated carbocycles. The van der Waals surface area contributed by atoms with Crippen molar-refractivity contribution in [2.45, 2.75) is 64.2 Å². The minimum absolute atomic E-state index is 0.0986. The second kappa shape index (κ2) is 14.2. The van der Waals surface area contributed by atoms with Gasteiger partial charge >= 0.3 is 0 Å². The van der Waals surface area contributed by atoms with Crippen molar-refractivity contribution in [3.05, 3.63) is 117 Å². The molecule has 0 unspecified atom stereocenters. The second-order valence-corrected chi connectivity index (χ2v) is 16.1. The summed E-state index contributed by atoms with van der Waals surface area (Å²) >= 11 is 1.38. The van der Waals surface area contributed by atoms with Crippen LogP contribution in [0.1, 0.15) is 103 Å². The first-order valence-corrected chi connectivity index (χ1v) is 19.1. The maximum atomic E-state index is 14.0. The number of hydrogen-bond donors (Lipinski definition) is 1. The van der Waals surface area contributed by atoms with Gasteiger partial charge in [-0.3, -0.25) is 19.4 Å². The Bertz CT molecular complexity index is 2140. The zero-order valence-corrected chi connectivity index (χ0v) is 30.4. The molecule has 4 heterocycles. The average molecular weight is 734 g/mol. The molecule has 2 amide bonds. The number of pyridine rings is 1. The van der Waals surface area contributed by atoms with Crippen molar-refractivity contribution in [3.63, 3.8) is 0 Å². The number of fused-ring (bicyclic) bond motifs is 1. The molecule has 1 saturated heterocycles. The van der Waals surface area contributed by atoms with Crippen LogP contribution in [0.4, 0.5) is 20.2 Å². The Morgan fingerprint density at radius 3 is 2.55 bits per heavy atom. The number of nitrogens with zero attached hydrogens (tertiary/aromatic N) is 2. The summed E-state index contributed by atoms with van der Waals surface area (Å²) in [5.41, 5.74) is 7.21. The number of aromatic nitrogens is 1. The van der Waals surface area contributed by atoms with Gasteiger partial charge in [-0.25, -0.2) is 8.78 Å². The SMILES string of the molecule is Cc1cnc(C2=CCC3(CCOCC3)C2)c(C(=O)Nc2ccc(C(=O)N3CCC(c4ccc(C(=O)CC5CC(F)(F)C5)s4)=Cc4ccccc43)cc2)c1. The van der Waals surface area contributed by atoms with Gasteiger partial charge in [0.1, 0.15) is 0 Å². The molecule has 0 bridgehead atoms. The molecule has 7 nitrogen and oxygen atoms in total. The number of amides is 2. The van der Waals surface area contributed by atoms with Gasteiger partial charge in [0.15, 0.2) is 5.78 Å². The molecule has 10 heteroatoms. The van der Waals surface area contributed by atoms with Crippen LogP contribution in [0.2, 0.25) is 0 Å². The highest BCUT2D eigenvalue weighted by Crippen LogP contribution is 2.48. The summed E-state index contributed by atoms with van der Waals surface area (Å²) in [6.45, 7) is 3.89. The fraction of sp³-hybridized carbons (Fsp3) is 0.349. The van der Waals surface area contributed by atoms with Crippen LogP contribution in [0.15, 0.2) is 79.0 Å². The molecule has 8 rings (SSSR count). The number of benzene rings is 2. The van der Waals surface area contributed by atoms with Crippen LogP contribution >= 0.6 is 11.3 Å². The Kier molecular flexibility index (Phi) is 9.45. The molecule has 53 heavy (non-hydrogen) atoms. The van der Waals surface area contributed by atoms with E-state index in [2.05, 4.69) is 17.5 Å². The summed E-state index contributed by atoms with van der Waals surface area (Å²) in [5, 5.41) is 3.03. The number of alkyl halides is 2. The fourth-order valence-corrected chi connectivity index (χ4v) is 9.13. The molecule has 2 fully saturated rings. The summed E-state index contributed by atoms with van der Waals surface area (Å²) in [5.74, 6) is -3.41. The first kappa shape index (κ1) is 35.2.